The predicted octanol–water partition coefficient (Wildman–Crippen LogP) is 3.88. The highest BCUT2D eigenvalue weighted by atomic mass is 19.4. The third kappa shape index (κ3) is 11.8. The quantitative estimate of drug-likeness (QED) is 0.0701. The van der Waals surface area contributed by atoms with Gasteiger partial charge in [-0.05, 0) is 43.9 Å². The molecule has 4 rings (SSSR count). The fraction of sp³-hybridized carbons (Fsp3) is 0.500. The van der Waals surface area contributed by atoms with E-state index in [0.717, 1.165) is 27.3 Å². The molecule has 1 aliphatic heterocycles. The molecule has 1 aliphatic rings. The van der Waals surface area contributed by atoms with Gasteiger partial charge in [0.15, 0.2) is 47.9 Å². The lowest BCUT2D eigenvalue weighted by Crippen LogP contribution is -2.40. The number of rotatable bonds is 16. The molecular weight excluding hydrogens is 740 g/mol. The van der Waals surface area contributed by atoms with Crippen molar-refractivity contribution in [3.8, 4) is 0 Å². The maximum absolute atomic E-state index is 13.1. The van der Waals surface area contributed by atoms with Crippen LogP contribution in [-0.4, -0.2) is 107 Å². The molecule has 3 heterocycles. The number of esters is 3. The van der Waals surface area contributed by atoms with Crippen molar-refractivity contribution in [3.05, 3.63) is 48.5 Å². The fourth-order valence-electron chi connectivity index (χ4n) is 5.67. The number of aromatic nitrogens is 4. The number of anilines is 1. The van der Waals surface area contributed by atoms with Crippen LogP contribution in [0.25, 0.3) is 11.2 Å². The molecule has 1 fully saturated rings. The van der Waals surface area contributed by atoms with Crippen molar-refractivity contribution in [1.29, 1.82) is 0 Å². The van der Waals surface area contributed by atoms with Gasteiger partial charge in [-0.1, -0.05) is 18.2 Å². The first-order valence-corrected chi connectivity index (χ1v) is 16.1. The third-order valence-electron chi connectivity index (χ3n) is 7.86. The number of imidazole rings is 1. The second-order valence-corrected chi connectivity index (χ2v) is 11.9. The Morgan fingerprint density at radius 1 is 0.981 bits per heavy atom. The van der Waals surface area contributed by atoms with E-state index in [1.165, 1.54) is 10.9 Å². The van der Waals surface area contributed by atoms with Crippen LogP contribution in [0.5, 0.6) is 0 Å². The van der Waals surface area contributed by atoms with E-state index in [2.05, 4.69) is 40.1 Å². The molecular formula is C32H35F6N7O9. The van der Waals surface area contributed by atoms with Crippen LogP contribution in [0.4, 0.5) is 32.2 Å². The second kappa shape index (κ2) is 18.1. The average molecular weight is 776 g/mol. The zero-order valence-corrected chi connectivity index (χ0v) is 28.8. The number of hydrogen-bond donors (Lipinski definition) is 2. The summed E-state index contributed by atoms with van der Waals surface area (Å²) < 4.78 is 104. The van der Waals surface area contributed by atoms with Crippen molar-refractivity contribution in [2.24, 2.45) is 10.9 Å². The Labute approximate surface area is 302 Å². The lowest BCUT2D eigenvalue weighted by Gasteiger charge is -2.26. The molecule has 1 aromatic carbocycles. The second-order valence-electron chi connectivity index (χ2n) is 11.9. The van der Waals surface area contributed by atoms with Crippen molar-refractivity contribution >= 4 is 47.2 Å². The lowest BCUT2D eigenvalue weighted by atomic mass is 9.91. The molecule has 54 heavy (non-hydrogen) atoms. The minimum absolute atomic E-state index is 0.0150. The van der Waals surface area contributed by atoms with E-state index in [1.54, 1.807) is 30.3 Å². The zero-order chi connectivity index (χ0) is 39.6. The Bertz CT molecular complexity index is 1790. The molecule has 0 spiro atoms. The fourth-order valence-corrected chi connectivity index (χ4v) is 5.67. The first kappa shape index (κ1) is 41.4. The van der Waals surface area contributed by atoms with Gasteiger partial charge in [0.2, 0.25) is 0 Å². The number of halogens is 6. The number of ether oxygens (including phenoxy) is 5. The standard InChI is InChI=1S/C32H35F6N7O9/c1-17(46)52-24-22(11-19(12-39-13-31(33,34)35)9-10-21(30(49)50-3)43-16-51-32(36,37)38)54-29(25(24)53-18(2)47)45-15-42-23-26(40-14-41-27(23)45)44-28(48)20-7-5-4-6-8-20/h4-8,14-16,19,21-22,24-25,29,39H,9-13H2,1-3H3,(H,40,41,44,48)/t19-,21-,22+,24?,25-,29+/m0/s1. The van der Waals surface area contributed by atoms with Crippen LogP contribution in [0, 0.1) is 5.92 Å². The highest BCUT2D eigenvalue weighted by Gasteiger charge is 2.51. The summed E-state index contributed by atoms with van der Waals surface area (Å²) in [7, 11) is 0.966. The molecule has 22 heteroatoms. The molecule has 1 amide bonds. The first-order chi connectivity index (χ1) is 25.5. The van der Waals surface area contributed by atoms with Crippen LogP contribution in [0.2, 0.25) is 0 Å². The number of aliphatic imine (C=N–C) groups is 1. The minimum Gasteiger partial charge on any atom is -0.467 e. The number of alkyl halides is 6. The van der Waals surface area contributed by atoms with Crippen LogP contribution in [0.3, 0.4) is 0 Å². The molecule has 2 aromatic heterocycles. The van der Waals surface area contributed by atoms with Gasteiger partial charge in [0, 0.05) is 19.4 Å². The van der Waals surface area contributed by atoms with E-state index < -0.39 is 79.4 Å². The van der Waals surface area contributed by atoms with Crippen molar-refractivity contribution in [3.63, 3.8) is 0 Å². The van der Waals surface area contributed by atoms with Gasteiger partial charge in [-0.15, -0.1) is 13.2 Å². The topological polar surface area (TPSA) is 194 Å². The number of benzene rings is 1. The first-order valence-electron chi connectivity index (χ1n) is 16.1. The lowest BCUT2D eigenvalue weighted by molar-refractivity contribution is -0.280. The summed E-state index contributed by atoms with van der Waals surface area (Å²) in [5.41, 5.74) is 0.502. The van der Waals surface area contributed by atoms with Crippen LogP contribution in [-0.2, 0) is 38.1 Å². The predicted molar refractivity (Wildman–Crippen MR) is 172 cm³/mol. The number of methoxy groups -OCH3 is 1. The molecule has 1 saturated heterocycles. The summed E-state index contributed by atoms with van der Waals surface area (Å²) >= 11 is 0. The normalized spacial score (nSPS) is 20.0. The third-order valence-corrected chi connectivity index (χ3v) is 7.86. The van der Waals surface area contributed by atoms with Gasteiger partial charge >= 0.3 is 30.4 Å². The number of nitrogens with zero attached hydrogens (tertiary/aromatic N) is 5. The number of nitrogens with one attached hydrogen (secondary N) is 2. The molecule has 16 nitrogen and oxygen atoms in total. The van der Waals surface area contributed by atoms with Crippen LogP contribution >= 0.6 is 0 Å². The van der Waals surface area contributed by atoms with Gasteiger partial charge in [0.25, 0.3) is 5.91 Å². The average Bonchev–Trinajstić information content (AvgIpc) is 3.66. The summed E-state index contributed by atoms with van der Waals surface area (Å²) in [4.78, 5) is 66.0. The Balaban J connectivity index is 1.65. The molecule has 2 N–H and O–H groups in total. The molecule has 0 saturated carbocycles. The summed E-state index contributed by atoms with van der Waals surface area (Å²) in [6.45, 7) is 0.377. The molecule has 6 atom stereocenters. The number of hydrogen-bond acceptors (Lipinski definition) is 14. The van der Waals surface area contributed by atoms with Gasteiger partial charge in [-0.3, -0.25) is 19.0 Å². The van der Waals surface area contributed by atoms with Gasteiger partial charge in [0.05, 0.1) is 20.0 Å². The van der Waals surface area contributed by atoms with Crippen LogP contribution in [0.15, 0.2) is 48.0 Å². The SMILES string of the molecule is COC(=O)[C@H](CC[C@H](CNCC(F)(F)F)C[C@H]1O[C@@H](n2cnc3c(NC(=O)c4ccccc4)ncnc32)[C@@H](OC(C)=O)C1OC(C)=O)N=COC(F)(F)F. The van der Waals surface area contributed by atoms with Gasteiger partial charge in [0.1, 0.15) is 12.4 Å². The van der Waals surface area contributed by atoms with Crippen LogP contribution in [0.1, 0.15) is 49.7 Å². The van der Waals surface area contributed by atoms with Crippen molar-refractivity contribution in [2.75, 3.05) is 25.5 Å². The number of fused-ring (bicyclic) bond motifs is 1. The molecule has 1 unspecified atom stereocenters. The summed E-state index contributed by atoms with van der Waals surface area (Å²) in [6, 6.07) is 6.68. The largest absolute Gasteiger partial charge is 0.573 e. The van der Waals surface area contributed by atoms with E-state index in [-0.39, 0.29) is 49.2 Å². The number of carbonyl (C=O) groups excluding carboxylic acids is 4. The Hall–Kier alpha value is -5.38. The highest BCUT2D eigenvalue weighted by Crippen LogP contribution is 2.39. The summed E-state index contributed by atoms with van der Waals surface area (Å²) in [6.07, 6.45) is -13.2. The van der Waals surface area contributed by atoms with E-state index in [4.69, 9.17) is 14.2 Å². The summed E-state index contributed by atoms with van der Waals surface area (Å²) in [5.74, 6) is -4.02. The highest BCUT2D eigenvalue weighted by molar-refractivity contribution is 6.06. The van der Waals surface area contributed by atoms with E-state index in [9.17, 15) is 45.5 Å². The zero-order valence-electron chi connectivity index (χ0n) is 28.8. The monoisotopic (exact) mass is 775 g/mol. The van der Waals surface area contributed by atoms with Gasteiger partial charge in [-0.2, -0.15) is 13.2 Å². The maximum Gasteiger partial charge on any atom is 0.573 e. The number of amides is 1. The number of carbonyl (C=O) groups is 4. The molecule has 294 valence electrons. The maximum atomic E-state index is 13.1. The van der Waals surface area contributed by atoms with Crippen molar-refractivity contribution < 1.29 is 69.2 Å². The van der Waals surface area contributed by atoms with Crippen molar-refractivity contribution in [2.45, 2.75) is 76.2 Å². The minimum atomic E-state index is -5.10. The Kier molecular flexibility index (Phi) is 13.9. The smallest absolute Gasteiger partial charge is 0.467 e. The van der Waals surface area contributed by atoms with E-state index >= 15 is 0 Å². The summed E-state index contributed by atoms with van der Waals surface area (Å²) in [5, 5.41) is 4.91. The van der Waals surface area contributed by atoms with Crippen LogP contribution < -0.4 is 10.6 Å². The van der Waals surface area contributed by atoms with Crippen molar-refractivity contribution in [1.82, 2.24) is 24.8 Å². The molecule has 0 aliphatic carbocycles. The molecule has 0 bridgehead atoms. The van der Waals surface area contributed by atoms with Gasteiger partial charge < -0.3 is 34.3 Å². The van der Waals surface area contributed by atoms with E-state index in [1.807, 2.05) is 0 Å². The van der Waals surface area contributed by atoms with Gasteiger partial charge in [-0.25, -0.2) is 24.7 Å². The Morgan fingerprint density at radius 2 is 1.67 bits per heavy atom. The molecule has 3 aromatic rings. The Morgan fingerprint density at radius 3 is 2.30 bits per heavy atom. The molecule has 0 radical (unpaired) electrons. The van der Waals surface area contributed by atoms with E-state index in [0.29, 0.717) is 5.56 Å².